The van der Waals surface area contributed by atoms with Gasteiger partial charge in [-0.25, -0.2) is 0 Å². The summed E-state index contributed by atoms with van der Waals surface area (Å²) in [5.74, 6) is 0.826. The molecule has 1 aromatic carbocycles. The maximum absolute atomic E-state index is 11.5. The summed E-state index contributed by atoms with van der Waals surface area (Å²) in [5.41, 5.74) is 7.78. The third-order valence-corrected chi connectivity index (χ3v) is 2.82. The van der Waals surface area contributed by atoms with Gasteiger partial charge in [0, 0.05) is 13.0 Å². The minimum absolute atomic E-state index is 0.0486. The number of hydrogen-bond donors (Lipinski definition) is 1. The molecule has 2 rings (SSSR count). The SMILES string of the molecule is CC(=O)N1CCOc2ccc(CC(C)N)cc21. The lowest BCUT2D eigenvalue weighted by molar-refractivity contribution is -0.116. The van der Waals surface area contributed by atoms with Gasteiger partial charge in [0.05, 0.1) is 12.2 Å². The van der Waals surface area contributed by atoms with Crippen molar-refractivity contribution >= 4 is 11.6 Å². The standard InChI is InChI=1S/C13H18N2O2/c1-9(14)7-11-3-4-13-12(8-11)15(10(2)16)5-6-17-13/h3-4,8-9H,5-7,14H2,1-2H3. The highest BCUT2D eigenvalue weighted by Gasteiger charge is 2.21. The van der Waals surface area contributed by atoms with E-state index in [1.54, 1.807) is 11.8 Å². The number of hydrogen-bond acceptors (Lipinski definition) is 3. The molecule has 17 heavy (non-hydrogen) atoms. The Balaban J connectivity index is 2.33. The van der Waals surface area contributed by atoms with E-state index in [4.69, 9.17) is 10.5 Å². The summed E-state index contributed by atoms with van der Waals surface area (Å²) >= 11 is 0. The van der Waals surface area contributed by atoms with Gasteiger partial charge >= 0.3 is 0 Å². The normalized spacial score (nSPS) is 16.1. The van der Waals surface area contributed by atoms with E-state index in [1.807, 2.05) is 25.1 Å². The van der Waals surface area contributed by atoms with E-state index in [2.05, 4.69) is 0 Å². The van der Waals surface area contributed by atoms with Crippen LogP contribution in [0.2, 0.25) is 0 Å². The molecule has 0 spiro atoms. The lowest BCUT2D eigenvalue weighted by atomic mass is 10.1. The van der Waals surface area contributed by atoms with E-state index in [0.717, 1.165) is 23.4 Å². The number of nitrogens with two attached hydrogens (primary N) is 1. The maximum atomic E-state index is 11.5. The number of fused-ring (bicyclic) bond motifs is 1. The fraction of sp³-hybridized carbons (Fsp3) is 0.462. The predicted molar refractivity (Wildman–Crippen MR) is 67.3 cm³/mol. The summed E-state index contributed by atoms with van der Waals surface area (Å²) < 4.78 is 5.54. The topological polar surface area (TPSA) is 55.6 Å². The summed E-state index contributed by atoms with van der Waals surface area (Å²) in [4.78, 5) is 13.3. The summed E-state index contributed by atoms with van der Waals surface area (Å²) in [5, 5.41) is 0. The van der Waals surface area contributed by atoms with Crippen molar-refractivity contribution in [2.75, 3.05) is 18.1 Å². The number of nitrogens with zero attached hydrogens (tertiary/aromatic N) is 1. The Kier molecular flexibility index (Phi) is 3.33. The average molecular weight is 234 g/mol. The molecule has 1 heterocycles. The van der Waals surface area contributed by atoms with Gasteiger partial charge in [-0.15, -0.1) is 0 Å². The Morgan fingerprint density at radius 3 is 3.00 bits per heavy atom. The highest BCUT2D eigenvalue weighted by molar-refractivity contribution is 5.93. The zero-order chi connectivity index (χ0) is 12.4. The van der Waals surface area contributed by atoms with Gasteiger partial charge in [0.2, 0.25) is 5.91 Å². The fourth-order valence-electron chi connectivity index (χ4n) is 2.09. The zero-order valence-electron chi connectivity index (χ0n) is 10.3. The smallest absolute Gasteiger partial charge is 0.224 e. The van der Waals surface area contributed by atoms with Crippen LogP contribution in [0.1, 0.15) is 19.4 Å². The molecule has 0 bridgehead atoms. The third kappa shape index (κ3) is 2.58. The van der Waals surface area contributed by atoms with Crippen LogP contribution in [0.3, 0.4) is 0 Å². The molecule has 1 unspecified atom stereocenters. The van der Waals surface area contributed by atoms with Crippen LogP contribution in [0.5, 0.6) is 5.75 Å². The largest absolute Gasteiger partial charge is 0.490 e. The molecular formula is C13H18N2O2. The number of anilines is 1. The van der Waals surface area contributed by atoms with Crippen molar-refractivity contribution in [2.24, 2.45) is 5.73 Å². The van der Waals surface area contributed by atoms with Crippen LogP contribution >= 0.6 is 0 Å². The lowest BCUT2D eigenvalue weighted by Crippen LogP contribution is -2.36. The van der Waals surface area contributed by atoms with Gasteiger partial charge < -0.3 is 15.4 Å². The molecule has 92 valence electrons. The molecule has 4 nitrogen and oxygen atoms in total. The number of rotatable bonds is 2. The monoisotopic (exact) mass is 234 g/mol. The molecule has 0 fully saturated rings. The minimum Gasteiger partial charge on any atom is -0.490 e. The molecule has 0 aliphatic carbocycles. The average Bonchev–Trinajstić information content (AvgIpc) is 2.27. The molecule has 4 heteroatoms. The summed E-state index contributed by atoms with van der Waals surface area (Å²) in [6, 6.07) is 6.04. The second-order valence-electron chi connectivity index (χ2n) is 4.50. The molecule has 1 aromatic rings. The summed E-state index contributed by atoms with van der Waals surface area (Å²) in [7, 11) is 0. The van der Waals surface area contributed by atoms with E-state index in [0.29, 0.717) is 13.2 Å². The number of benzene rings is 1. The fourth-order valence-corrected chi connectivity index (χ4v) is 2.09. The van der Waals surface area contributed by atoms with Gasteiger partial charge in [0.15, 0.2) is 0 Å². The van der Waals surface area contributed by atoms with E-state index in [-0.39, 0.29) is 11.9 Å². The van der Waals surface area contributed by atoms with E-state index < -0.39 is 0 Å². The Bertz CT molecular complexity index is 429. The molecule has 0 saturated carbocycles. The van der Waals surface area contributed by atoms with Crippen molar-refractivity contribution in [1.82, 2.24) is 0 Å². The molecular weight excluding hydrogens is 216 g/mol. The Morgan fingerprint density at radius 2 is 2.35 bits per heavy atom. The first-order chi connectivity index (χ1) is 8.08. The van der Waals surface area contributed by atoms with E-state index >= 15 is 0 Å². The molecule has 0 aromatic heterocycles. The van der Waals surface area contributed by atoms with E-state index in [9.17, 15) is 4.79 Å². The van der Waals surface area contributed by atoms with Crippen LogP contribution in [0, 0.1) is 0 Å². The molecule has 2 N–H and O–H groups in total. The van der Waals surface area contributed by atoms with Crippen molar-refractivity contribution in [3.05, 3.63) is 23.8 Å². The summed E-state index contributed by atoms with van der Waals surface area (Å²) in [6.07, 6.45) is 0.805. The maximum Gasteiger partial charge on any atom is 0.224 e. The van der Waals surface area contributed by atoms with Crippen LogP contribution in [0.4, 0.5) is 5.69 Å². The second kappa shape index (κ2) is 4.75. The van der Waals surface area contributed by atoms with Gasteiger partial charge in [-0.3, -0.25) is 4.79 Å². The first kappa shape index (κ1) is 11.9. The van der Waals surface area contributed by atoms with Crippen molar-refractivity contribution in [2.45, 2.75) is 26.3 Å². The Labute approximate surface area is 101 Å². The number of ether oxygens (including phenoxy) is 1. The Morgan fingerprint density at radius 1 is 1.59 bits per heavy atom. The first-order valence-electron chi connectivity index (χ1n) is 5.87. The first-order valence-corrected chi connectivity index (χ1v) is 5.87. The molecule has 1 atom stereocenters. The molecule has 0 saturated heterocycles. The van der Waals surface area contributed by atoms with Gasteiger partial charge in [0.1, 0.15) is 12.4 Å². The minimum atomic E-state index is 0.0486. The van der Waals surface area contributed by atoms with Crippen molar-refractivity contribution in [1.29, 1.82) is 0 Å². The van der Waals surface area contributed by atoms with E-state index in [1.165, 1.54) is 0 Å². The molecule has 1 amide bonds. The second-order valence-corrected chi connectivity index (χ2v) is 4.50. The van der Waals surface area contributed by atoms with Crippen molar-refractivity contribution in [3.8, 4) is 5.75 Å². The van der Waals surface area contributed by atoms with Gasteiger partial charge in [0.25, 0.3) is 0 Å². The molecule has 0 radical (unpaired) electrons. The predicted octanol–water partition coefficient (Wildman–Crippen LogP) is 1.32. The number of carbonyl (C=O) groups excluding carboxylic acids is 1. The highest BCUT2D eigenvalue weighted by atomic mass is 16.5. The van der Waals surface area contributed by atoms with Crippen molar-refractivity contribution in [3.63, 3.8) is 0 Å². The molecule has 1 aliphatic rings. The van der Waals surface area contributed by atoms with Gasteiger partial charge in [-0.2, -0.15) is 0 Å². The van der Waals surface area contributed by atoms with Crippen molar-refractivity contribution < 1.29 is 9.53 Å². The lowest BCUT2D eigenvalue weighted by Gasteiger charge is -2.29. The number of carbonyl (C=O) groups is 1. The van der Waals surface area contributed by atoms with Gasteiger partial charge in [-0.05, 0) is 31.0 Å². The van der Waals surface area contributed by atoms with Crippen LogP contribution in [-0.4, -0.2) is 25.1 Å². The van der Waals surface area contributed by atoms with Crippen LogP contribution in [0.25, 0.3) is 0 Å². The van der Waals surface area contributed by atoms with Crippen LogP contribution < -0.4 is 15.4 Å². The molecule has 1 aliphatic heterocycles. The van der Waals surface area contributed by atoms with Crippen LogP contribution in [0.15, 0.2) is 18.2 Å². The zero-order valence-corrected chi connectivity index (χ0v) is 10.3. The van der Waals surface area contributed by atoms with Crippen LogP contribution in [-0.2, 0) is 11.2 Å². The third-order valence-electron chi connectivity index (χ3n) is 2.82. The quantitative estimate of drug-likeness (QED) is 0.839. The number of amides is 1. The van der Waals surface area contributed by atoms with Gasteiger partial charge in [-0.1, -0.05) is 6.07 Å². The summed E-state index contributed by atoms with van der Waals surface area (Å²) in [6.45, 7) is 4.72. The Hall–Kier alpha value is -1.55. The highest BCUT2D eigenvalue weighted by Crippen LogP contribution is 2.32.